The molecule has 0 amide bonds. The molecule has 27 heavy (non-hydrogen) atoms. The van der Waals surface area contributed by atoms with Gasteiger partial charge in [-0.2, -0.15) is 5.26 Å². The Morgan fingerprint density at radius 1 is 1.19 bits per heavy atom. The van der Waals surface area contributed by atoms with Gasteiger partial charge in [0.15, 0.2) is 0 Å². The van der Waals surface area contributed by atoms with Crippen LogP contribution in [0.25, 0.3) is 0 Å². The Labute approximate surface area is 159 Å². The lowest BCUT2D eigenvalue weighted by atomic mass is 9.94. The molecule has 0 unspecified atom stereocenters. The van der Waals surface area contributed by atoms with Crippen molar-refractivity contribution in [2.24, 2.45) is 4.99 Å². The number of nitriles is 1. The van der Waals surface area contributed by atoms with Crippen LogP contribution >= 0.6 is 0 Å². The third-order valence-corrected chi connectivity index (χ3v) is 5.57. The number of hydrogen-bond donors (Lipinski definition) is 1. The van der Waals surface area contributed by atoms with Crippen molar-refractivity contribution >= 4 is 11.9 Å². The summed E-state index contributed by atoms with van der Waals surface area (Å²) in [5, 5.41) is 20.4. The van der Waals surface area contributed by atoms with Gasteiger partial charge in [0, 0.05) is 12.3 Å². The van der Waals surface area contributed by atoms with Gasteiger partial charge in [0.05, 0.1) is 11.3 Å². The molecule has 0 saturated heterocycles. The SMILES string of the molecule is Cc1ccc(N=Cc2c(C)c(C#N)c(=O)n(C3CCCCC3)c2O)cc1C. The Bertz CT molecular complexity index is 990. The van der Waals surface area contributed by atoms with E-state index >= 15 is 0 Å². The molecule has 1 N–H and O–H groups in total. The number of rotatable bonds is 3. The van der Waals surface area contributed by atoms with Crippen LogP contribution < -0.4 is 5.56 Å². The average molecular weight is 363 g/mol. The molecule has 2 aromatic rings. The lowest BCUT2D eigenvalue weighted by molar-refractivity contribution is 0.303. The van der Waals surface area contributed by atoms with Crippen LogP contribution in [-0.2, 0) is 0 Å². The molecule has 0 atom stereocenters. The molecule has 5 nitrogen and oxygen atoms in total. The molecule has 1 heterocycles. The van der Waals surface area contributed by atoms with Gasteiger partial charge in [-0.25, -0.2) is 0 Å². The van der Waals surface area contributed by atoms with Crippen LogP contribution in [0.15, 0.2) is 28.0 Å². The van der Waals surface area contributed by atoms with Crippen LogP contribution in [0.4, 0.5) is 5.69 Å². The van der Waals surface area contributed by atoms with Crippen molar-refractivity contribution < 1.29 is 5.11 Å². The highest BCUT2D eigenvalue weighted by Crippen LogP contribution is 2.32. The number of aliphatic imine (C=N–C) groups is 1. The van der Waals surface area contributed by atoms with Gasteiger partial charge in [0.2, 0.25) is 5.88 Å². The zero-order valence-corrected chi connectivity index (χ0v) is 16.1. The molecule has 0 bridgehead atoms. The Balaban J connectivity index is 2.11. The predicted octanol–water partition coefficient (Wildman–Crippen LogP) is 4.61. The van der Waals surface area contributed by atoms with Gasteiger partial charge in [0.25, 0.3) is 5.56 Å². The van der Waals surface area contributed by atoms with E-state index in [1.807, 2.05) is 38.1 Å². The maximum absolute atomic E-state index is 12.8. The Kier molecular flexibility index (Phi) is 5.46. The van der Waals surface area contributed by atoms with E-state index in [4.69, 9.17) is 0 Å². The van der Waals surface area contributed by atoms with Gasteiger partial charge >= 0.3 is 0 Å². The summed E-state index contributed by atoms with van der Waals surface area (Å²) in [6.45, 7) is 5.75. The average Bonchev–Trinajstić information content (AvgIpc) is 2.65. The zero-order chi connectivity index (χ0) is 19.6. The summed E-state index contributed by atoms with van der Waals surface area (Å²) in [6, 6.07) is 7.84. The molecule has 1 aromatic heterocycles. The van der Waals surface area contributed by atoms with E-state index in [0.29, 0.717) is 11.1 Å². The topological polar surface area (TPSA) is 78.4 Å². The summed E-state index contributed by atoms with van der Waals surface area (Å²) in [5.41, 5.74) is 3.68. The second-order valence-electron chi connectivity index (χ2n) is 7.34. The highest BCUT2D eigenvalue weighted by molar-refractivity contribution is 5.87. The molecule has 1 saturated carbocycles. The number of nitrogens with zero attached hydrogens (tertiary/aromatic N) is 3. The van der Waals surface area contributed by atoms with Crippen molar-refractivity contribution in [2.75, 3.05) is 0 Å². The molecule has 5 heteroatoms. The standard InChI is InChI=1S/C22H25N3O2/c1-14-9-10-17(11-15(14)2)24-13-20-16(3)19(12-23)21(26)25(22(20)27)18-7-5-4-6-8-18/h9-11,13,18,27H,4-8H2,1-3H3. The minimum absolute atomic E-state index is 0.0623. The number of hydrogen-bond acceptors (Lipinski definition) is 4. The molecule has 140 valence electrons. The first-order valence-electron chi connectivity index (χ1n) is 9.43. The Hall–Kier alpha value is -2.87. The maximum atomic E-state index is 12.8. The summed E-state index contributed by atoms with van der Waals surface area (Å²) < 4.78 is 1.41. The molecule has 1 fully saturated rings. The van der Waals surface area contributed by atoms with Crippen LogP contribution in [0.3, 0.4) is 0 Å². The second kappa shape index (κ2) is 7.79. The molecule has 1 aromatic carbocycles. The number of benzene rings is 1. The Morgan fingerprint density at radius 3 is 2.52 bits per heavy atom. The van der Waals surface area contributed by atoms with Gasteiger partial charge in [0.1, 0.15) is 11.6 Å². The highest BCUT2D eigenvalue weighted by Gasteiger charge is 2.24. The fourth-order valence-corrected chi connectivity index (χ4v) is 3.72. The molecule has 1 aliphatic rings. The fourth-order valence-electron chi connectivity index (χ4n) is 3.72. The number of aromatic nitrogens is 1. The molecule has 0 radical (unpaired) electrons. The molecule has 0 spiro atoms. The van der Waals surface area contributed by atoms with Crippen molar-refractivity contribution in [3.8, 4) is 11.9 Å². The van der Waals surface area contributed by atoms with Crippen LogP contribution in [0.5, 0.6) is 5.88 Å². The molecule has 3 rings (SSSR count). The smallest absolute Gasteiger partial charge is 0.271 e. The first kappa shape index (κ1) is 18.9. The van der Waals surface area contributed by atoms with Crippen molar-refractivity contribution in [3.63, 3.8) is 0 Å². The minimum atomic E-state index is -0.400. The third-order valence-electron chi connectivity index (χ3n) is 5.57. The van der Waals surface area contributed by atoms with Crippen molar-refractivity contribution in [1.82, 2.24) is 4.57 Å². The van der Waals surface area contributed by atoms with Gasteiger partial charge in [-0.15, -0.1) is 0 Å². The summed E-state index contributed by atoms with van der Waals surface area (Å²) in [6.07, 6.45) is 6.44. The lowest BCUT2D eigenvalue weighted by Crippen LogP contribution is -2.30. The van der Waals surface area contributed by atoms with E-state index in [2.05, 4.69) is 4.99 Å². The van der Waals surface area contributed by atoms with E-state index in [1.54, 1.807) is 13.1 Å². The van der Waals surface area contributed by atoms with Crippen molar-refractivity contribution in [2.45, 2.75) is 58.9 Å². The minimum Gasteiger partial charge on any atom is -0.494 e. The van der Waals surface area contributed by atoms with Crippen LogP contribution in [0, 0.1) is 32.1 Å². The van der Waals surface area contributed by atoms with Crippen LogP contribution in [0.2, 0.25) is 0 Å². The summed E-state index contributed by atoms with van der Waals surface area (Å²) in [7, 11) is 0. The largest absolute Gasteiger partial charge is 0.494 e. The molecular weight excluding hydrogens is 338 g/mol. The van der Waals surface area contributed by atoms with E-state index in [9.17, 15) is 15.2 Å². The van der Waals surface area contributed by atoms with Gasteiger partial charge in [-0.3, -0.25) is 14.4 Å². The predicted molar refractivity (Wildman–Crippen MR) is 107 cm³/mol. The van der Waals surface area contributed by atoms with E-state index < -0.39 is 5.56 Å². The second-order valence-corrected chi connectivity index (χ2v) is 7.34. The summed E-state index contributed by atoms with van der Waals surface area (Å²) in [4.78, 5) is 17.3. The van der Waals surface area contributed by atoms with Crippen LogP contribution in [0.1, 0.15) is 66.0 Å². The third kappa shape index (κ3) is 3.66. The van der Waals surface area contributed by atoms with Crippen LogP contribution in [-0.4, -0.2) is 15.9 Å². The normalized spacial score (nSPS) is 15.2. The van der Waals surface area contributed by atoms with Crippen molar-refractivity contribution in [1.29, 1.82) is 5.26 Å². The lowest BCUT2D eigenvalue weighted by Gasteiger charge is -2.26. The number of aryl methyl sites for hydroxylation is 2. The molecular formula is C22H25N3O2. The summed E-state index contributed by atoms with van der Waals surface area (Å²) in [5.74, 6) is -0.0871. The first-order chi connectivity index (χ1) is 12.9. The highest BCUT2D eigenvalue weighted by atomic mass is 16.3. The van der Waals surface area contributed by atoms with Gasteiger partial charge < -0.3 is 5.11 Å². The number of aromatic hydroxyl groups is 1. The van der Waals surface area contributed by atoms with E-state index in [1.165, 1.54) is 10.1 Å². The molecule has 0 aliphatic heterocycles. The van der Waals surface area contributed by atoms with Gasteiger partial charge in [-0.05, 0) is 62.4 Å². The quantitative estimate of drug-likeness (QED) is 0.809. The maximum Gasteiger partial charge on any atom is 0.271 e. The van der Waals surface area contributed by atoms with E-state index in [0.717, 1.165) is 43.4 Å². The molecule has 1 aliphatic carbocycles. The van der Waals surface area contributed by atoms with E-state index in [-0.39, 0.29) is 17.5 Å². The van der Waals surface area contributed by atoms with Gasteiger partial charge in [-0.1, -0.05) is 25.3 Å². The first-order valence-corrected chi connectivity index (χ1v) is 9.43. The summed E-state index contributed by atoms with van der Waals surface area (Å²) >= 11 is 0. The number of pyridine rings is 1. The van der Waals surface area contributed by atoms with Crippen molar-refractivity contribution in [3.05, 3.63) is 56.4 Å². The Morgan fingerprint density at radius 2 is 1.89 bits per heavy atom. The fraction of sp³-hybridized carbons (Fsp3) is 0.409. The zero-order valence-electron chi connectivity index (χ0n) is 16.1. The monoisotopic (exact) mass is 363 g/mol.